The van der Waals surface area contributed by atoms with Crippen LogP contribution < -0.4 is 5.56 Å². The Balaban J connectivity index is 1.98. The van der Waals surface area contributed by atoms with Crippen molar-refractivity contribution in [3.05, 3.63) is 50.2 Å². The molecule has 0 saturated carbocycles. The summed E-state index contributed by atoms with van der Waals surface area (Å²) in [4.78, 5) is 20.0. The van der Waals surface area contributed by atoms with E-state index in [9.17, 15) is 4.79 Å². The molecule has 1 atom stereocenters. The van der Waals surface area contributed by atoms with E-state index in [1.165, 1.54) is 15.0 Å². The van der Waals surface area contributed by atoms with Gasteiger partial charge in [0.1, 0.15) is 4.83 Å². The van der Waals surface area contributed by atoms with E-state index in [-0.39, 0.29) is 5.56 Å². The molecule has 0 radical (unpaired) electrons. The van der Waals surface area contributed by atoms with Crippen LogP contribution in [0, 0.1) is 5.92 Å². The van der Waals surface area contributed by atoms with Gasteiger partial charge in [0.25, 0.3) is 5.56 Å². The van der Waals surface area contributed by atoms with Crippen LogP contribution in [-0.4, -0.2) is 14.6 Å². The Morgan fingerprint density at radius 3 is 2.92 bits per heavy atom. The van der Waals surface area contributed by atoms with Gasteiger partial charge in [0.2, 0.25) is 0 Å². The molecule has 1 aromatic carbocycles. The summed E-state index contributed by atoms with van der Waals surface area (Å²) in [5.41, 5.74) is 1.65. The van der Waals surface area contributed by atoms with E-state index < -0.39 is 0 Å². The van der Waals surface area contributed by atoms with Crippen LogP contribution in [0.3, 0.4) is 0 Å². The highest BCUT2D eigenvalue weighted by molar-refractivity contribution is 7.18. The number of hydrogen-bond acceptors (Lipinski definition) is 4. The maximum atomic E-state index is 13.1. The van der Waals surface area contributed by atoms with E-state index >= 15 is 0 Å². The first-order valence-corrected chi connectivity index (χ1v) is 9.24. The van der Waals surface area contributed by atoms with Crippen molar-refractivity contribution in [1.82, 2.24) is 14.6 Å². The van der Waals surface area contributed by atoms with Gasteiger partial charge in [-0.1, -0.05) is 42.8 Å². The second kappa shape index (κ2) is 5.01. The molecule has 0 fully saturated rings. The molecule has 6 heteroatoms. The van der Waals surface area contributed by atoms with Gasteiger partial charge in [-0.2, -0.15) is 9.61 Å². The number of rotatable bonds is 0. The van der Waals surface area contributed by atoms with Crippen molar-refractivity contribution in [2.24, 2.45) is 5.92 Å². The molecule has 0 unspecified atom stereocenters. The number of nitrogens with zero attached hydrogens (tertiary/aromatic N) is 3. The van der Waals surface area contributed by atoms with E-state index in [2.05, 4.69) is 12.0 Å². The zero-order valence-corrected chi connectivity index (χ0v) is 14.6. The normalized spacial score (nSPS) is 17.7. The summed E-state index contributed by atoms with van der Waals surface area (Å²) in [6.07, 6.45) is 3.10. The third-order valence-electron chi connectivity index (χ3n) is 4.89. The lowest BCUT2D eigenvalue weighted by Crippen LogP contribution is -2.19. The quantitative estimate of drug-likeness (QED) is 0.443. The molecule has 3 aromatic heterocycles. The highest BCUT2D eigenvalue weighted by atomic mass is 35.5. The van der Waals surface area contributed by atoms with Crippen LogP contribution in [0.1, 0.15) is 23.8 Å². The van der Waals surface area contributed by atoms with Crippen molar-refractivity contribution in [2.45, 2.75) is 26.2 Å². The fourth-order valence-corrected chi connectivity index (χ4v) is 5.26. The van der Waals surface area contributed by atoms with Crippen LogP contribution in [0.4, 0.5) is 0 Å². The summed E-state index contributed by atoms with van der Waals surface area (Å²) in [5, 5.41) is 7.05. The van der Waals surface area contributed by atoms with Crippen LogP contribution in [0.5, 0.6) is 0 Å². The van der Waals surface area contributed by atoms with Crippen LogP contribution >= 0.6 is 22.9 Å². The van der Waals surface area contributed by atoms with E-state index in [0.717, 1.165) is 40.3 Å². The summed E-state index contributed by atoms with van der Waals surface area (Å²) in [6, 6.07) is 7.68. The number of fused-ring (bicyclic) bond motifs is 6. The van der Waals surface area contributed by atoms with Crippen molar-refractivity contribution in [2.75, 3.05) is 0 Å². The molecule has 1 aliphatic rings. The highest BCUT2D eigenvalue weighted by Crippen LogP contribution is 2.36. The van der Waals surface area contributed by atoms with Crippen molar-refractivity contribution in [3.8, 4) is 0 Å². The minimum absolute atomic E-state index is 0.102. The molecule has 4 nitrogen and oxygen atoms in total. The van der Waals surface area contributed by atoms with Crippen LogP contribution in [0.25, 0.3) is 26.6 Å². The Labute approximate surface area is 146 Å². The van der Waals surface area contributed by atoms with Gasteiger partial charge in [-0.3, -0.25) is 4.79 Å². The van der Waals surface area contributed by atoms with E-state index in [0.29, 0.717) is 16.7 Å². The van der Waals surface area contributed by atoms with Crippen molar-refractivity contribution >= 4 is 49.6 Å². The van der Waals surface area contributed by atoms with Gasteiger partial charge in [0.15, 0.2) is 10.8 Å². The second-order valence-corrected chi connectivity index (χ2v) is 7.96. The number of aryl methyl sites for hydroxylation is 1. The van der Waals surface area contributed by atoms with Gasteiger partial charge in [0, 0.05) is 15.6 Å². The second-order valence-electron chi connectivity index (χ2n) is 6.52. The first-order valence-electron chi connectivity index (χ1n) is 8.05. The maximum absolute atomic E-state index is 13.1. The summed E-state index contributed by atoms with van der Waals surface area (Å²) in [6.45, 7) is 2.26. The predicted molar refractivity (Wildman–Crippen MR) is 98.3 cm³/mol. The monoisotopic (exact) mass is 355 g/mol. The maximum Gasteiger partial charge on any atom is 0.283 e. The minimum Gasteiger partial charge on any atom is -0.267 e. The van der Waals surface area contributed by atoms with E-state index in [1.807, 2.05) is 24.3 Å². The van der Waals surface area contributed by atoms with E-state index in [4.69, 9.17) is 16.6 Å². The van der Waals surface area contributed by atoms with Gasteiger partial charge in [-0.05, 0) is 30.7 Å². The largest absolute Gasteiger partial charge is 0.283 e. The van der Waals surface area contributed by atoms with Gasteiger partial charge in [0.05, 0.1) is 5.39 Å². The van der Waals surface area contributed by atoms with Crippen LogP contribution in [0.2, 0.25) is 5.15 Å². The number of hydrogen-bond donors (Lipinski definition) is 0. The molecule has 0 bridgehead atoms. The number of thiophene rings is 1. The smallest absolute Gasteiger partial charge is 0.267 e. The first kappa shape index (κ1) is 14.4. The Hall–Kier alpha value is -1.98. The Morgan fingerprint density at radius 1 is 1.29 bits per heavy atom. The molecule has 4 aromatic rings. The average Bonchev–Trinajstić information content (AvgIpc) is 2.94. The number of halogens is 1. The third kappa shape index (κ3) is 1.88. The van der Waals surface area contributed by atoms with E-state index in [1.54, 1.807) is 11.3 Å². The Kier molecular flexibility index (Phi) is 3.00. The summed E-state index contributed by atoms with van der Waals surface area (Å²) in [5.74, 6) is 0.663. The van der Waals surface area contributed by atoms with Crippen molar-refractivity contribution in [1.29, 1.82) is 0 Å². The van der Waals surface area contributed by atoms with Gasteiger partial charge in [-0.15, -0.1) is 11.3 Å². The summed E-state index contributed by atoms with van der Waals surface area (Å²) < 4.78 is 1.37. The Bertz CT molecular complexity index is 1190. The van der Waals surface area contributed by atoms with Crippen LogP contribution in [0.15, 0.2) is 29.1 Å². The lowest BCUT2D eigenvalue weighted by Gasteiger charge is -2.17. The molecule has 0 aliphatic heterocycles. The molecule has 0 N–H and O–H groups in total. The zero-order valence-electron chi connectivity index (χ0n) is 13.0. The zero-order chi connectivity index (χ0) is 16.4. The average molecular weight is 356 g/mol. The molecule has 0 amide bonds. The molecular weight excluding hydrogens is 342 g/mol. The standard InChI is InChI=1S/C18H14ClN3OS/c1-9-6-7-12-13(8-9)24-17-14(12)18(23)22-16(20-17)11-5-3-2-4-10(11)15(19)21-22/h2-5,9H,6-8H2,1H3/t9-/m0/s1. The fraction of sp³-hybridized carbons (Fsp3) is 0.278. The molecule has 120 valence electrons. The lowest BCUT2D eigenvalue weighted by atomic mass is 9.89. The third-order valence-corrected chi connectivity index (χ3v) is 6.31. The topological polar surface area (TPSA) is 47.3 Å². The molecule has 3 heterocycles. The van der Waals surface area contributed by atoms with Crippen molar-refractivity contribution < 1.29 is 0 Å². The van der Waals surface area contributed by atoms with Gasteiger partial charge < -0.3 is 0 Å². The molecular formula is C18H14ClN3OS. The Morgan fingerprint density at radius 2 is 2.08 bits per heavy atom. The molecule has 5 rings (SSSR count). The SMILES string of the molecule is C[C@H]1CCc2c(sc3nc4c5ccccc5c(Cl)nn4c(=O)c23)C1. The fourth-order valence-electron chi connectivity index (χ4n) is 3.65. The number of benzene rings is 1. The highest BCUT2D eigenvalue weighted by Gasteiger charge is 2.24. The van der Waals surface area contributed by atoms with Crippen molar-refractivity contribution in [3.63, 3.8) is 0 Å². The molecule has 1 aliphatic carbocycles. The first-order chi connectivity index (χ1) is 11.6. The minimum atomic E-state index is -0.102. The van der Waals surface area contributed by atoms with Crippen LogP contribution in [-0.2, 0) is 12.8 Å². The molecule has 0 saturated heterocycles. The number of aromatic nitrogens is 3. The lowest BCUT2D eigenvalue weighted by molar-refractivity contribution is 0.509. The molecule has 24 heavy (non-hydrogen) atoms. The predicted octanol–water partition coefficient (Wildman–Crippen LogP) is 4.24. The molecule has 0 spiro atoms. The summed E-state index contributed by atoms with van der Waals surface area (Å²) >= 11 is 7.96. The summed E-state index contributed by atoms with van der Waals surface area (Å²) in [7, 11) is 0. The van der Waals surface area contributed by atoms with Gasteiger partial charge >= 0.3 is 0 Å². The van der Waals surface area contributed by atoms with Gasteiger partial charge in [-0.25, -0.2) is 4.98 Å².